The maximum atomic E-state index is 11.1. The summed E-state index contributed by atoms with van der Waals surface area (Å²) in [6.07, 6.45) is 8.19. The van der Waals surface area contributed by atoms with Crippen molar-refractivity contribution in [2.24, 2.45) is 5.41 Å². The molecule has 2 aromatic heterocycles. The molecule has 0 aromatic carbocycles. The van der Waals surface area contributed by atoms with Crippen molar-refractivity contribution < 1.29 is 15.0 Å². The zero-order valence-electron chi connectivity index (χ0n) is 12.1. The second kappa shape index (κ2) is 5.42. The lowest BCUT2D eigenvalue weighted by molar-refractivity contribution is 0.0691. The van der Waals surface area contributed by atoms with Crippen LogP contribution in [0.15, 0.2) is 31.2 Å². The largest absolute Gasteiger partial charge is 0.476 e. The van der Waals surface area contributed by atoms with E-state index < -0.39 is 5.97 Å². The highest BCUT2D eigenvalue weighted by Gasteiger charge is 2.32. The summed E-state index contributed by atoms with van der Waals surface area (Å²) in [6, 6.07) is 0. The molecule has 1 saturated heterocycles. The van der Waals surface area contributed by atoms with Crippen LogP contribution in [0.5, 0.6) is 0 Å². The van der Waals surface area contributed by atoms with Gasteiger partial charge in [-0.15, -0.1) is 6.58 Å². The highest BCUT2D eigenvalue weighted by atomic mass is 16.4. The first-order valence-electron chi connectivity index (χ1n) is 7.15. The minimum atomic E-state index is -1.06. The first kappa shape index (κ1) is 14.5. The van der Waals surface area contributed by atoms with Crippen molar-refractivity contribution in [1.82, 2.24) is 14.4 Å². The highest BCUT2D eigenvalue weighted by Crippen LogP contribution is 2.34. The summed E-state index contributed by atoms with van der Waals surface area (Å²) in [5.41, 5.74) is 0.306. The van der Waals surface area contributed by atoms with Gasteiger partial charge < -0.3 is 19.5 Å². The first-order chi connectivity index (χ1) is 10.6. The van der Waals surface area contributed by atoms with E-state index in [-0.39, 0.29) is 17.7 Å². The van der Waals surface area contributed by atoms with Crippen LogP contribution < -0.4 is 4.90 Å². The number of carbonyl (C=O) groups is 1. The number of aromatic carboxylic acids is 1. The Hall–Kier alpha value is -2.41. The highest BCUT2D eigenvalue weighted by molar-refractivity contribution is 5.87. The molecule has 0 amide bonds. The number of aliphatic hydroxyl groups excluding tert-OH is 1. The molecule has 0 spiro atoms. The van der Waals surface area contributed by atoms with Crippen molar-refractivity contribution in [2.45, 2.75) is 12.8 Å². The Morgan fingerprint density at radius 3 is 2.77 bits per heavy atom. The van der Waals surface area contributed by atoms with E-state index >= 15 is 0 Å². The molecule has 7 heteroatoms. The van der Waals surface area contributed by atoms with Gasteiger partial charge in [0.1, 0.15) is 0 Å². The molecule has 7 nitrogen and oxygen atoms in total. The average molecular weight is 302 g/mol. The van der Waals surface area contributed by atoms with Gasteiger partial charge in [-0.05, 0) is 12.8 Å². The van der Waals surface area contributed by atoms with E-state index in [2.05, 4.69) is 21.4 Å². The van der Waals surface area contributed by atoms with Crippen LogP contribution in [0, 0.1) is 5.41 Å². The molecule has 1 fully saturated rings. The molecule has 22 heavy (non-hydrogen) atoms. The monoisotopic (exact) mass is 302 g/mol. The van der Waals surface area contributed by atoms with Crippen molar-refractivity contribution in [1.29, 1.82) is 0 Å². The summed E-state index contributed by atoms with van der Waals surface area (Å²) in [5.74, 6) is -0.384. The molecule has 0 saturated carbocycles. The van der Waals surface area contributed by atoms with Crippen molar-refractivity contribution in [2.75, 3.05) is 24.6 Å². The van der Waals surface area contributed by atoms with Crippen LogP contribution in [0.1, 0.15) is 23.3 Å². The van der Waals surface area contributed by atoms with Gasteiger partial charge >= 0.3 is 5.97 Å². The number of aromatic nitrogens is 3. The first-order valence-corrected chi connectivity index (χ1v) is 7.15. The summed E-state index contributed by atoms with van der Waals surface area (Å²) in [5, 5.41) is 18.6. The lowest BCUT2D eigenvalue weighted by atomic mass is 9.79. The minimum absolute atomic E-state index is 0.00190. The summed E-state index contributed by atoms with van der Waals surface area (Å²) in [4.78, 5) is 21.7. The van der Waals surface area contributed by atoms with Gasteiger partial charge in [0, 0.05) is 37.1 Å². The Bertz CT molecular complexity index is 717. The number of fused-ring (bicyclic) bond motifs is 1. The number of piperidine rings is 1. The van der Waals surface area contributed by atoms with Gasteiger partial charge in [0.2, 0.25) is 0 Å². The number of rotatable bonds is 4. The Balaban J connectivity index is 1.91. The van der Waals surface area contributed by atoms with Crippen LogP contribution in [0.4, 0.5) is 5.82 Å². The lowest BCUT2D eigenvalue weighted by Gasteiger charge is -2.39. The van der Waals surface area contributed by atoms with Gasteiger partial charge in [-0.2, -0.15) is 0 Å². The van der Waals surface area contributed by atoms with Crippen molar-refractivity contribution in [3.05, 3.63) is 36.9 Å². The second-order valence-corrected chi connectivity index (χ2v) is 5.62. The minimum Gasteiger partial charge on any atom is -0.476 e. The average Bonchev–Trinajstić information content (AvgIpc) is 2.99. The number of hydrogen-bond acceptors (Lipinski definition) is 5. The van der Waals surface area contributed by atoms with E-state index in [0.29, 0.717) is 24.6 Å². The topological polar surface area (TPSA) is 91.0 Å². The van der Waals surface area contributed by atoms with Gasteiger partial charge in [-0.1, -0.05) is 6.08 Å². The smallest absolute Gasteiger partial charge is 0.356 e. The predicted molar refractivity (Wildman–Crippen MR) is 81.1 cm³/mol. The fourth-order valence-electron chi connectivity index (χ4n) is 2.82. The van der Waals surface area contributed by atoms with Gasteiger partial charge in [-0.25, -0.2) is 14.8 Å². The molecule has 3 rings (SSSR count). The molecule has 2 N–H and O–H groups in total. The van der Waals surface area contributed by atoms with Crippen molar-refractivity contribution in [3.8, 4) is 0 Å². The van der Waals surface area contributed by atoms with Crippen LogP contribution in [0.2, 0.25) is 0 Å². The van der Waals surface area contributed by atoms with E-state index in [9.17, 15) is 9.90 Å². The Kier molecular flexibility index (Phi) is 3.58. The summed E-state index contributed by atoms with van der Waals surface area (Å²) in [6.45, 7) is 5.35. The zero-order valence-corrected chi connectivity index (χ0v) is 12.1. The fourth-order valence-corrected chi connectivity index (χ4v) is 2.82. The molecule has 0 bridgehead atoms. The van der Waals surface area contributed by atoms with Gasteiger partial charge in [0.15, 0.2) is 17.2 Å². The number of carboxylic acid groups (broad SMARTS) is 1. The number of anilines is 1. The second-order valence-electron chi connectivity index (χ2n) is 5.62. The van der Waals surface area contributed by atoms with Crippen LogP contribution in [-0.4, -0.2) is 50.2 Å². The number of nitrogens with zero attached hydrogens (tertiary/aromatic N) is 4. The molecule has 2 aromatic rings. The third kappa shape index (κ3) is 2.33. The van der Waals surface area contributed by atoms with Gasteiger partial charge in [0.25, 0.3) is 0 Å². The summed E-state index contributed by atoms with van der Waals surface area (Å²) in [7, 11) is 0. The van der Waals surface area contributed by atoms with E-state index in [4.69, 9.17) is 5.11 Å². The summed E-state index contributed by atoms with van der Waals surface area (Å²) < 4.78 is 1.67. The molecular weight excluding hydrogens is 284 g/mol. The van der Waals surface area contributed by atoms with E-state index in [1.54, 1.807) is 16.8 Å². The number of aliphatic hydroxyl groups is 1. The lowest BCUT2D eigenvalue weighted by Crippen LogP contribution is -2.41. The summed E-state index contributed by atoms with van der Waals surface area (Å²) >= 11 is 0. The molecule has 3 heterocycles. The van der Waals surface area contributed by atoms with E-state index in [1.165, 1.54) is 6.20 Å². The molecule has 1 aliphatic rings. The molecule has 0 atom stereocenters. The fraction of sp³-hybridized carbons (Fsp3) is 0.400. The maximum Gasteiger partial charge on any atom is 0.356 e. The van der Waals surface area contributed by atoms with Crippen LogP contribution in [0.3, 0.4) is 0 Å². The molecule has 0 radical (unpaired) electrons. The molecule has 116 valence electrons. The quantitative estimate of drug-likeness (QED) is 0.825. The van der Waals surface area contributed by atoms with E-state index in [0.717, 1.165) is 12.8 Å². The molecular formula is C15H18N4O3. The van der Waals surface area contributed by atoms with Crippen molar-refractivity contribution in [3.63, 3.8) is 0 Å². The van der Waals surface area contributed by atoms with E-state index in [1.807, 2.05) is 6.08 Å². The third-order valence-corrected chi connectivity index (χ3v) is 4.38. The predicted octanol–water partition coefficient (Wildman–Crippen LogP) is 1.19. The molecule has 1 aliphatic heterocycles. The van der Waals surface area contributed by atoms with Crippen LogP contribution >= 0.6 is 0 Å². The van der Waals surface area contributed by atoms with Gasteiger partial charge in [0.05, 0.1) is 6.61 Å². The third-order valence-electron chi connectivity index (χ3n) is 4.38. The molecule has 0 unspecified atom stereocenters. The van der Waals surface area contributed by atoms with Crippen LogP contribution in [0.25, 0.3) is 5.65 Å². The normalized spacial score (nSPS) is 17.6. The number of imidazole rings is 1. The van der Waals surface area contributed by atoms with Gasteiger partial charge in [-0.3, -0.25) is 0 Å². The van der Waals surface area contributed by atoms with Crippen molar-refractivity contribution >= 4 is 17.4 Å². The Morgan fingerprint density at radius 2 is 2.18 bits per heavy atom. The SMILES string of the molecule is C=CC1(CO)CCN(c2nccn3cc(C(=O)O)nc23)CC1. The number of hydrogen-bond donors (Lipinski definition) is 2. The Labute approximate surface area is 127 Å². The number of carboxylic acids is 1. The standard InChI is InChI=1S/C15H18N4O3/c1-2-15(10-20)3-6-18(7-4-15)12-13-17-11(14(21)22)9-19(13)8-5-16-12/h2,5,8-9,20H,1,3-4,6-7,10H2,(H,21,22). The molecule has 0 aliphatic carbocycles. The maximum absolute atomic E-state index is 11.1. The zero-order chi connectivity index (χ0) is 15.7. The Morgan fingerprint density at radius 1 is 1.45 bits per heavy atom. The van der Waals surface area contributed by atoms with Crippen LogP contribution in [-0.2, 0) is 0 Å².